The number of rotatable bonds is 1. The van der Waals surface area contributed by atoms with Crippen molar-refractivity contribution in [1.29, 1.82) is 0 Å². The van der Waals surface area contributed by atoms with Gasteiger partial charge in [0, 0.05) is 6.92 Å². The Morgan fingerprint density at radius 2 is 2.43 bits per heavy atom. The maximum absolute atomic E-state index is 11.1. The fourth-order valence-corrected chi connectivity index (χ4v) is 0.137. The predicted molar refractivity (Wildman–Crippen MR) is 20.8 cm³/mol. The molecule has 0 aromatic rings. The maximum atomic E-state index is 11.1. The van der Waals surface area contributed by atoms with Crippen LogP contribution in [0.15, 0.2) is 0 Å². The molecule has 3 nitrogen and oxygen atoms in total. The van der Waals surface area contributed by atoms with Gasteiger partial charge in [-0.2, -0.15) is 0 Å². The molecule has 40 valence electrons. The molecule has 7 heavy (non-hydrogen) atoms. The van der Waals surface area contributed by atoms with Crippen molar-refractivity contribution in [2.75, 3.05) is 0 Å². The molecule has 0 amide bonds. The Bertz CT molecular complexity index is 73.3. The van der Waals surface area contributed by atoms with E-state index in [4.69, 9.17) is 5.02 Å². The Balaban J connectivity index is 3.13. The largest absolute Gasteiger partial charge is 0.753 e. The Morgan fingerprint density at radius 1 is 2.00 bits per heavy atom. The van der Waals surface area contributed by atoms with Crippen molar-refractivity contribution in [3.05, 3.63) is 0 Å². The molecule has 0 saturated carbocycles. The lowest BCUT2D eigenvalue weighted by molar-refractivity contribution is -0.133. The monoisotopic (exact) mass is 106 g/mol. The van der Waals surface area contributed by atoms with E-state index in [1.165, 1.54) is 0 Å². The summed E-state index contributed by atoms with van der Waals surface area (Å²) in [5.41, 5.74) is 0. The van der Waals surface area contributed by atoms with E-state index in [-0.39, 0.29) is 0 Å². The van der Waals surface area contributed by atoms with Gasteiger partial charge in [0.25, 0.3) is 5.97 Å². The summed E-state index contributed by atoms with van der Waals surface area (Å²) in [5.74, 6) is -0.838. The molecule has 0 bridgehead atoms. The third-order valence-corrected chi connectivity index (χ3v) is 0.263. The van der Waals surface area contributed by atoms with Crippen molar-refractivity contribution in [2.45, 2.75) is 6.92 Å². The van der Waals surface area contributed by atoms with E-state index in [1.54, 1.807) is 0 Å². The molecule has 0 aromatic heterocycles. The van der Waals surface area contributed by atoms with E-state index in [0.29, 0.717) is 0 Å². The summed E-state index contributed by atoms with van der Waals surface area (Å²) >= 11 is 0. The zero-order valence-electron chi connectivity index (χ0n) is 3.72. The predicted octanol–water partition coefficient (Wildman–Crippen LogP) is -0.504. The average Bonchev–Trinajstić information content (AvgIpc) is 1.27. The second-order valence-corrected chi connectivity index (χ2v) is 0.902. The van der Waals surface area contributed by atoms with Crippen LogP contribution in [0.1, 0.15) is 6.92 Å². The first kappa shape index (κ1) is 6.42. The summed E-state index contributed by atoms with van der Waals surface area (Å²) in [4.78, 5) is 9.63. The van der Waals surface area contributed by atoms with Crippen LogP contribution in [0, 0.1) is 0 Å². The van der Waals surface area contributed by atoms with Crippen LogP contribution in [0.2, 0.25) is 0 Å². The topological polar surface area (TPSA) is 46.5 Å². The van der Waals surface area contributed by atoms with Crippen LogP contribution < -0.4 is 0 Å². The van der Waals surface area contributed by atoms with Gasteiger partial charge >= 0.3 is 7.40 Å². The third-order valence-electron chi connectivity index (χ3n) is 0.263. The highest BCUT2D eigenvalue weighted by Gasteiger charge is 2.14. The van der Waals surface area contributed by atoms with E-state index in [0.717, 1.165) is 6.92 Å². The molecule has 0 rings (SSSR count). The smallest absolute Gasteiger partial charge is 0.482 e. The van der Waals surface area contributed by atoms with Crippen molar-refractivity contribution in [3.8, 4) is 0 Å². The lowest BCUT2D eigenvalue weighted by atomic mass is 10.3. The SMILES string of the molecule is CC(=O)OB(O)F. The molecule has 0 saturated heterocycles. The second-order valence-electron chi connectivity index (χ2n) is 0.902. The van der Waals surface area contributed by atoms with Gasteiger partial charge in [0.15, 0.2) is 0 Å². The van der Waals surface area contributed by atoms with Crippen LogP contribution in [-0.2, 0) is 9.45 Å². The van der Waals surface area contributed by atoms with E-state index in [2.05, 4.69) is 4.65 Å². The Morgan fingerprint density at radius 3 is 2.43 bits per heavy atom. The number of halogens is 1. The Labute approximate surface area is 40.3 Å². The fourth-order valence-electron chi connectivity index (χ4n) is 0.137. The Kier molecular flexibility index (Phi) is 2.36. The molecule has 0 aliphatic rings. The number of hydrogen-bond acceptors (Lipinski definition) is 3. The molecule has 5 heteroatoms. The quantitative estimate of drug-likeness (QED) is 0.458. The molecule has 0 heterocycles. The number of carbonyl (C=O) groups is 1. The van der Waals surface area contributed by atoms with Gasteiger partial charge < -0.3 is 9.68 Å². The van der Waals surface area contributed by atoms with Gasteiger partial charge in [-0.3, -0.25) is 4.79 Å². The van der Waals surface area contributed by atoms with Crippen LogP contribution in [0.3, 0.4) is 0 Å². The zero-order valence-corrected chi connectivity index (χ0v) is 3.72. The normalized spacial score (nSPS) is 7.86. The van der Waals surface area contributed by atoms with E-state index in [1.807, 2.05) is 0 Å². The molecule has 1 N–H and O–H groups in total. The van der Waals surface area contributed by atoms with Crippen LogP contribution in [0.5, 0.6) is 0 Å². The van der Waals surface area contributed by atoms with Crippen LogP contribution >= 0.6 is 0 Å². The molecule has 0 aliphatic carbocycles. The molecule has 0 spiro atoms. The maximum Gasteiger partial charge on any atom is 0.753 e. The first-order chi connectivity index (χ1) is 3.13. The molecule has 0 atom stereocenters. The van der Waals surface area contributed by atoms with Crippen LogP contribution in [0.25, 0.3) is 0 Å². The minimum Gasteiger partial charge on any atom is -0.482 e. The van der Waals surface area contributed by atoms with E-state index >= 15 is 0 Å². The van der Waals surface area contributed by atoms with Crippen molar-refractivity contribution in [1.82, 2.24) is 0 Å². The van der Waals surface area contributed by atoms with E-state index in [9.17, 15) is 9.11 Å². The minimum atomic E-state index is -2.47. The lowest BCUT2D eigenvalue weighted by Crippen LogP contribution is -2.14. The second kappa shape index (κ2) is 2.57. The molecule has 0 unspecified atom stereocenters. The summed E-state index contributed by atoms with van der Waals surface area (Å²) in [6.07, 6.45) is 0. The average molecular weight is 106 g/mol. The number of hydrogen-bond donors (Lipinski definition) is 1. The zero-order chi connectivity index (χ0) is 5.86. The first-order valence-corrected chi connectivity index (χ1v) is 1.62. The standard InChI is InChI=1S/C2H4BFO3/c1-2(5)7-3(4)6/h6H,1H3. The highest BCUT2D eigenvalue weighted by atomic mass is 19.1. The van der Waals surface area contributed by atoms with Gasteiger partial charge in [0.1, 0.15) is 0 Å². The van der Waals surface area contributed by atoms with Crippen molar-refractivity contribution in [2.24, 2.45) is 0 Å². The summed E-state index contributed by atoms with van der Waals surface area (Å²) in [5, 5.41) is 7.61. The van der Waals surface area contributed by atoms with Crippen molar-refractivity contribution >= 4 is 13.4 Å². The van der Waals surface area contributed by atoms with Gasteiger partial charge in [-0.1, -0.05) is 0 Å². The van der Waals surface area contributed by atoms with Gasteiger partial charge in [-0.25, -0.2) is 4.32 Å². The highest BCUT2D eigenvalue weighted by molar-refractivity contribution is 6.36. The van der Waals surface area contributed by atoms with Gasteiger partial charge in [-0.05, 0) is 0 Å². The Hall–Kier alpha value is -0.575. The molecular formula is C2H4BFO3. The van der Waals surface area contributed by atoms with E-state index < -0.39 is 13.4 Å². The van der Waals surface area contributed by atoms with Crippen molar-refractivity contribution in [3.63, 3.8) is 0 Å². The van der Waals surface area contributed by atoms with Crippen LogP contribution in [0.4, 0.5) is 4.32 Å². The first-order valence-electron chi connectivity index (χ1n) is 1.62. The van der Waals surface area contributed by atoms with Gasteiger partial charge in [0.2, 0.25) is 0 Å². The minimum absolute atomic E-state index is 0.838. The summed E-state index contributed by atoms with van der Waals surface area (Å²) in [7, 11) is -2.47. The summed E-state index contributed by atoms with van der Waals surface area (Å²) in [6, 6.07) is 0. The molecule has 0 fully saturated rings. The van der Waals surface area contributed by atoms with Gasteiger partial charge in [-0.15, -0.1) is 0 Å². The molecule has 0 aliphatic heterocycles. The molecule has 0 radical (unpaired) electrons. The van der Waals surface area contributed by atoms with Crippen LogP contribution in [-0.4, -0.2) is 18.4 Å². The summed E-state index contributed by atoms with van der Waals surface area (Å²) in [6.45, 7) is 1.00. The lowest BCUT2D eigenvalue weighted by Gasteiger charge is -1.91. The molecule has 0 aromatic carbocycles. The summed E-state index contributed by atoms with van der Waals surface area (Å²) < 4.78 is 14.6. The fraction of sp³-hybridized carbons (Fsp3) is 0.500. The third kappa shape index (κ3) is 5.42. The van der Waals surface area contributed by atoms with Crippen molar-refractivity contribution < 1.29 is 18.8 Å². The highest BCUT2D eigenvalue weighted by Crippen LogP contribution is 1.80. The number of carbonyl (C=O) groups excluding carboxylic acids is 1. The van der Waals surface area contributed by atoms with Gasteiger partial charge in [0.05, 0.1) is 0 Å². The molecular weight excluding hydrogens is 102 g/mol.